The average Bonchev–Trinajstić information content (AvgIpc) is 2.26. The van der Waals surface area contributed by atoms with Gasteiger partial charge in [-0.2, -0.15) is 13.2 Å². The molecule has 0 heterocycles. The van der Waals surface area contributed by atoms with E-state index in [4.69, 9.17) is 0 Å². The Balaban J connectivity index is 2.78. The van der Waals surface area contributed by atoms with Crippen LogP contribution in [0.5, 0.6) is 0 Å². The molecular weight excluding hydrogens is 255 g/mol. The van der Waals surface area contributed by atoms with Crippen molar-refractivity contribution in [2.75, 3.05) is 6.54 Å². The molecule has 1 aromatic carbocycles. The van der Waals surface area contributed by atoms with Gasteiger partial charge in [-0.15, -0.1) is 0 Å². The lowest BCUT2D eigenvalue weighted by Crippen LogP contribution is -2.37. The maximum atomic E-state index is 12.8. The van der Waals surface area contributed by atoms with Crippen LogP contribution in [0, 0.1) is 0 Å². The molecule has 0 spiro atoms. The molecule has 0 saturated carbocycles. The average molecular weight is 273 g/mol. The Labute approximate surface area is 111 Å². The van der Waals surface area contributed by atoms with Crippen molar-refractivity contribution < 1.29 is 18.0 Å². The first kappa shape index (κ1) is 15.7. The Morgan fingerprint density at radius 2 is 1.74 bits per heavy atom. The fourth-order valence-corrected chi connectivity index (χ4v) is 1.66. The molecule has 19 heavy (non-hydrogen) atoms. The number of halogens is 3. The number of alkyl halides is 3. The third-order valence-electron chi connectivity index (χ3n) is 2.54. The number of benzene rings is 1. The van der Waals surface area contributed by atoms with Crippen LogP contribution >= 0.6 is 0 Å². The smallest absolute Gasteiger partial charge is 0.312 e. The zero-order chi connectivity index (χ0) is 14.7. The lowest BCUT2D eigenvalue weighted by molar-refractivity contribution is -0.137. The van der Waals surface area contributed by atoms with Crippen molar-refractivity contribution in [3.63, 3.8) is 0 Å². The Kier molecular flexibility index (Phi) is 4.74. The highest BCUT2D eigenvalue weighted by Crippen LogP contribution is 2.32. The SMILES string of the molecule is CC(C)(C)NCCC(=O)c1ccccc1C(F)(F)F. The van der Waals surface area contributed by atoms with Crippen molar-refractivity contribution in [1.29, 1.82) is 0 Å². The molecule has 5 heteroatoms. The zero-order valence-corrected chi connectivity index (χ0v) is 11.3. The van der Waals surface area contributed by atoms with Gasteiger partial charge in [0.05, 0.1) is 5.56 Å². The van der Waals surface area contributed by atoms with Crippen molar-refractivity contribution in [2.45, 2.75) is 38.9 Å². The number of hydrogen-bond acceptors (Lipinski definition) is 2. The fraction of sp³-hybridized carbons (Fsp3) is 0.500. The molecule has 2 nitrogen and oxygen atoms in total. The third kappa shape index (κ3) is 5.03. The van der Waals surface area contributed by atoms with E-state index >= 15 is 0 Å². The minimum absolute atomic E-state index is 0.0460. The molecule has 1 rings (SSSR count). The van der Waals surface area contributed by atoms with Crippen LogP contribution in [0.15, 0.2) is 24.3 Å². The Bertz CT molecular complexity index is 447. The third-order valence-corrected chi connectivity index (χ3v) is 2.54. The summed E-state index contributed by atoms with van der Waals surface area (Å²) in [4.78, 5) is 11.9. The molecule has 1 aromatic rings. The number of carbonyl (C=O) groups excluding carboxylic acids is 1. The number of hydrogen-bond donors (Lipinski definition) is 1. The minimum atomic E-state index is -4.50. The van der Waals surface area contributed by atoms with E-state index in [-0.39, 0.29) is 17.5 Å². The largest absolute Gasteiger partial charge is 0.417 e. The van der Waals surface area contributed by atoms with Crippen LogP contribution in [0.2, 0.25) is 0 Å². The summed E-state index contributed by atoms with van der Waals surface area (Å²) in [6, 6.07) is 4.89. The minimum Gasteiger partial charge on any atom is -0.312 e. The van der Waals surface area contributed by atoms with Crippen molar-refractivity contribution in [2.24, 2.45) is 0 Å². The second kappa shape index (κ2) is 5.74. The van der Waals surface area contributed by atoms with E-state index in [1.807, 2.05) is 20.8 Å². The fourth-order valence-electron chi connectivity index (χ4n) is 1.66. The predicted octanol–water partition coefficient (Wildman–Crippen LogP) is 3.67. The van der Waals surface area contributed by atoms with Gasteiger partial charge in [0.25, 0.3) is 0 Å². The summed E-state index contributed by atoms with van der Waals surface area (Å²) in [5.41, 5.74) is -1.29. The lowest BCUT2D eigenvalue weighted by atomic mass is 10.0. The number of carbonyl (C=O) groups is 1. The van der Waals surface area contributed by atoms with E-state index in [0.29, 0.717) is 6.54 Å². The highest BCUT2D eigenvalue weighted by atomic mass is 19.4. The zero-order valence-electron chi connectivity index (χ0n) is 11.3. The van der Waals surface area contributed by atoms with Crippen LogP contribution in [0.25, 0.3) is 0 Å². The first-order chi connectivity index (χ1) is 8.61. The molecule has 0 radical (unpaired) electrons. The van der Waals surface area contributed by atoms with Crippen LogP contribution < -0.4 is 5.32 Å². The summed E-state index contributed by atoms with van der Waals surface area (Å²) >= 11 is 0. The standard InChI is InChI=1S/C14H18F3NO/c1-13(2,3)18-9-8-12(19)10-6-4-5-7-11(10)14(15,16)17/h4-7,18H,8-9H2,1-3H3. The van der Waals surface area contributed by atoms with Crippen molar-refractivity contribution in [1.82, 2.24) is 5.32 Å². The highest BCUT2D eigenvalue weighted by Gasteiger charge is 2.34. The van der Waals surface area contributed by atoms with Gasteiger partial charge >= 0.3 is 6.18 Å². The molecule has 0 saturated heterocycles. The van der Waals surface area contributed by atoms with Gasteiger partial charge in [-0.25, -0.2) is 0 Å². The molecule has 0 amide bonds. The molecule has 106 valence electrons. The predicted molar refractivity (Wildman–Crippen MR) is 68.1 cm³/mol. The second-order valence-corrected chi connectivity index (χ2v) is 5.39. The molecule has 0 atom stereocenters. The monoisotopic (exact) mass is 273 g/mol. The molecule has 1 N–H and O–H groups in total. The molecule has 0 unspecified atom stereocenters. The van der Waals surface area contributed by atoms with E-state index in [0.717, 1.165) is 6.07 Å². The van der Waals surface area contributed by atoms with Crippen LogP contribution in [0.1, 0.15) is 43.1 Å². The van der Waals surface area contributed by atoms with Crippen molar-refractivity contribution in [3.8, 4) is 0 Å². The van der Waals surface area contributed by atoms with Crippen LogP contribution in [-0.4, -0.2) is 17.9 Å². The summed E-state index contributed by atoms with van der Waals surface area (Å²) in [7, 11) is 0. The summed E-state index contributed by atoms with van der Waals surface area (Å²) in [5, 5.41) is 3.08. The highest BCUT2D eigenvalue weighted by molar-refractivity contribution is 5.97. The molecule has 0 fully saturated rings. The van der Waals surface area contributed by atoms with E-state index in [1.54, 1.807) is 0 Å². The molecule has 0 aliphatic carbocycles. The van der Waals surface area contributed by atoms with Gasteiger partial charge < -0.3 is 5.32 Å². The van der Waals surface area contributed by atoms with Crippen molar-refractivity contribution >= 4 is 5.78 Å². The van der Waals surface area contributed by atoms with E-state index in [9.17, 15) is 18.0 Å². The summed E-state index contributed by atoms with van der Waals surface area (Å²) in [6.45, 7) is 6.15. The maximum absolute atomic E-state index is 12.8. The van der Waals surface area contributed by atoms with E-state index in [2.05, 4.69) is 5.32 Å². The summed E-state index contributed by atoms with van der Waals surface area (Å²) in [5.74, 6) is -0.496. The topological polar surface area (TPSA) is 29.1 Å². The van der Waals surface area contributed by atoms with Crippen LogP contribution in [0.3, 0.4) is 0 Å². The molecule has 0 bridgehead atoms. The van der Waals surface area contributed by atoms with Gasteiger partial charge in [-0.05, 0) is 26.8 Å². The second-order valence-electron chi connectivity index (χ2n) is 5.39. The van der Waals surface area contributed by atoms with Gasteiger partial charge in [-0.1, -0.05) is 18.2 Å². The Morgan fingerprint density at radius 1 is 1.16 bits per heavy atom. The van der Waals surface area contributed by atoms with Gasteiger partial charge in [0, 0.05) is 24.1 Å². The Hall–Kier alpha value is -1.36. The summed E-state index contributed by atoms with van der Waals surface area (Å²) in [6.07, 6.45) is -4.45. The van der Waals surface area contributed by atoms with E-state index < -0.39 is 17.5 Å². The molecule has 0 aromatic heterocycles. The number of rotatable bonds is 4. The number of nitrogens with one attached hydrogen (secondary N) is 1. The Morgan fingerprint density at radius 3 is 2.26 bits per heavy atom. The van der Waals surface area contributed by atoms with Crippen LogP contribution in [0.4, 0.5) is 13.2 Å². The quantitative estimate of drug-likeness (QED) is 0.848. The first-order valence-electron chi connectivity index (χ1n) is 6.06. The first-order valence-corrected chi connectivity index (χ1v) is 6.06. The van der Waals surface area contributed by atoms with Gasteiger partial charge in [0.15, 0.2) is 5.78 Å². The normalized spacial score (nSPS) is 12.5. The van der Waals surface area contributed by atoms with Gasteiger partial charge in [0.2, 0.25) is 0 Å². The molecule has 0 aliphatic heterocycles. The number of ketones is 1. The van der Waals surface area contributed by atoms with Gasteiger partial charge in [-0.3, -0.25) is 4.79 Å². The number of Topliss-reactive ketones (excluding diaryl/α,β-unsaturated/α-hetero) is 1. The lowest BCUT2D eigenvalue weighted by Gasteiger charge is -2.20. The van der Waals surface area contributed by atoms with Gasteiger partial charge in [0.1, 0.15) is 0 Å². The van der Waals surface area contributed by atoms with Crippen LogP contribution in [-0.2, 0) is 6.18 Å². The van der Waals surface area contributed by atoms with E-state index in [1.165, 1.54) is 18.2 Å². The maximum Gasteiger partial charge on any atom is 0.417 e. The molecular formula is C14H18F3NO. The summed E-state index contributed by atoms with van der Waals surface area (Å²) < 4.78 is 38.3. The van der Waals surface area contributed by atoms with Crippen molar-refractivity contribution in [3.05, 3.63) is 35.4 Å². The molecule has 0 aliphatic rings.